The van der Waals surface area contributed by atoms with E-state index in [1.54, 1.807) is 0 Å². The van der Waals surface area contributed by atoms with E-state index >= 15 is 0 Å². The Morgan fingerprint density at radius 2 is 2.07 bits per heavy atom. The monoisotopic (exact) mass is 265 g/mol. The maximum Gasteiger partial charge on any atom is 0.279 e. The summed E-state index contributed by atoms with van der Waals surface area (Å²) >= 11 is 2.97. The van der Waals surface area contributed by atoms with Crippen LogP contribution in [-0.2, 0) is 5.92 Å². The molecule has 0 atom stereocenters. The summed E-state index contributed by atoms with van der Waals surface area (Å²) in [7, 11) is 0. The first-order valence-corrected chi connectivity index (χ1v) is 4.84. The van der Waals surface area contributed by atoms with Gasteiger partial charge in [-0.2, -0.15) is 0 Å². The largest absolute Gasteiger partial charge is 0.507 e. The number of halogens is 3. The van der Waals surface area contributed by atoms with E-state index in [2.05, 4.69) is 15.9 Å². The van der Waals surface area contributed by atoms with Gasteiger partial charge in [0.05, 0.1) is 5.56 Å². The van der Waals surface area contributed by atoms with Crippen LogP contribution >= 0.6 is 15.9 Å². The number of phenols is 1. The Morgan fingerprint density at radius 3 is 2.57 bits per heavy atom. The number of rotatable bonds is 3. The molecule has 2 nitrogen and oxygen atoms in total. The second-order valence-electron chi connectivity index (χ2n) is 2.88. The third-order valence-corrected chi connectivity index (χ3v) is 2.48. The van der Waals surface area contributed by atoms with Crippen LogP contribution in [0.1, 0.15) is 12.0 Å². The number of nitrogens with two attached hydrogens (primary N) is 1. The first kappa shape index (κ1) is 11.4. The van der Waals surface area contributed by atoms with Crippen LogP contribution in [0.5, 0.6) is 5.75 Å². The smallest absolute Gasteiger partial charge is 0.279 e. The predicted octanol–water partition coefficient (Wildman–Crippen LogP) is 2.60. The molecule has 0 heterocycles. The number of aromatic hydroxyl groups is 1. The Kier molecular flexibility index (Phi) is 3.44. The molecular formula is C9H10BrF2NO. The SMILES string of the molecule is NCCC(F)(F)c1c(O)cccc1Br. The van der Waals surface area contributed by atoms with Crippen molar-refractivity contribution >= 4 is 15.9 Å². The third kappa shape index (κ3) is 2.22. The lowest BCUT2D eigenvalue weighted by atomic mass is 10.0. The van der Waals surface area contributed by atoms with Gasteiger partial charge in [-0.1, -0.05) is 22.0 Å². The van der Waals surface area contributed by atoms with Gasteiger partial charge >= 0.3 is 0 Å². The molecule has 0 saturated carbocycles. The van der Waals surface area contributed by atoms with Gasteiger partial charge in [-0.3, -0.25) is 0 Å². The Morgan fingerprint density at radius 1 is 1.43 bits per heavy atom. The molecule has 5 heteroatoms. The zero-order valence-corrected chi connectivity index (χ0v) is 8.89. The molecule has 0 bridgehead atoms. The number of phenolic OH excluding ortho intramolecular Hbond substituents is 1. The van der Waals surface area contributed by atoms with Gasteiger partial charge in [-0.25, -0.2) is 8.78 Å². The summed E-state index contributed by atoms with van der Waals surface area (Å²) in [5.41, 5.74) is 4.68. The normalized spacial score (nSPS) is 11.7. The van der Waals surface area contributed by atoms with Gasteiger partial charge in [-0.05, 0) is 18.7 Å². The van der Waals surface area contributed by atoms with Gasteiger partial charge < -0.3 is 10.8 Å². The highest BCUT2D eigenvalue weighted by Crippen LogP contribution is 2.41. The van der Waals surface area contributed by atoms with Crippen molar-refractivity contribution in [1.82, 2.24) is 0 Å². The fourth-order valence-electron chi connectivity index (χ4n) is 1.18. The zero-order valence-electron chi connectivity index (χ0n) is 7.30. The van der Waals surface area contributed by atoms with Crippen molar-refractivity contribution in [3.63, 3.8) is 0 Å². The van der Waals surface area contributed by atoms with Gasteiger partial charge in [0.15, 0.2) is 0 Å². The standard InChI is InChI=1S/C9H10BrF2NO/c10-6-2-1-3-7(14)8(6)9(11,12)4-5-13/h1-3,14H,4-5,13H2. The van der Waals surface area contributed by atoms with E-state index in [9.17, 15) is 13.9 Å². The maximum absolute atomic E-state index is 13.4. The molecule has 0 radical (unpaired) electrons. The highest BCUT2D eigenvalue weighted by atomic mass is 79.9. The van der Waals surface area contributed by atoms with Crippen molar-refractivity contribution < 1.29 is 13.9 Å². The van der Waals surface area contributed by atoms with Gasteiger partial charge in [0.2, 0.25) is 0 Å². The molecule has 3 N–H and O–H groups in total. The van der Waals surface area contributed by atoms with E-state index in [4.69, 9.17) is 5.73 Å². The van der Waals surface area contributed by atoms with Crippen molar-refractivity contribution in [2.24, 2.45) is 5.73 Å². The predicted molar refractivity (Wildman–Crippen MR) is 53.4 cm³/mol. The summed E-state index contributed by atoms with van der Waals surface area (Å²) in [4.78, 5) is 0. The second kappa shape index (κ2) is 4.23. The minimum atomic E-state index is -3.10. The van der Waals surface area contributed by atoms with Crippen LogP contribution in [0.15, 0.2) is 22.7 Å². The number of hydrogen-bond acceptors (Lipinski definition) is 2. The highest BCUT2D eigenvalue weighted by molar-refractivity contribution is 9.10. The quantitative estimate of drug-likeness (QED) is 0.883. The van der Waals surface area contributed by atoms with Crippen molar-refractivity contribution in [3.05, 3.63) is 28.2 Å². The Balaban J connectivity index is 3.17. The molecule has 78 valence electrons. The van der Waals surface area contributed by atoms with Gasteiger partial charge in [0.1, 0.15) is 5.75 Å². The molecule has 1 aromatic carbocycles. The van der Waals surface area contributed by atoms with Crippen molar-refractivity contribution in [2.45, 2.75) is 12.3 Å². The summed E-state index contributed by atoms with van der Waals surface area (Å²) in [6.07, 6.45) is -0.483. The molecule has 0 aromatic heterocycles. The van der Waals surface area contributed by atoms with E-state index in [1.807, 2.05) is 0 Å². The van der Waals surface area contributed by atoms with Gasteiger partial charge in [0.25, 0.3) is 5.92 Å². The van der Waals surface area contributed by atoms with Crippen LogP contribution < -0.4 is 5.73 Å². The van der Waals surface area contributed by atoms with E-state index in [0.717, 1.165) is 0 Å². The molecule has 0 aliphatic heterocycles. The van der Waals surface area contributed by atoms with E-state index in [1.165, 1.54) is 18.2 Å². The summed E-state index contributed by atoms with van der Waals surface area (Å²) in [5, 5.41) is 9.30. The first-order valence-electron chi connectivity index (χ1n) is 4.05. The molecule has 0 saturated heterocycles. The summed E-state index contributed by atoms with van der Waals surface area (Å²) < 4.78 is 27.0. The molecule has 0 spiro atoms. The average Bonchev–Trinajstić information content (AvgIpc) is 2.02. The fraction of sp³-hybridized carbons (Fsp3) is 0.333. The maximum atomic E-state index is 13.4. The summed E-state index contributed by atoms with van der Waals surface area (Å²) in [6.45, 7) is -0.131. The lowest BCUT2D eigenvalue weighted by Gasteiger charge is -2.18. The van der Waals surface area contributed by atoms with Crippen molar-refractivity contribution in [2.75, 3.05) is 6.54 Å². The Hall–Kier alpha value is -0.680. The minimum Gasteiger partial charge on any atom is -0.507 e. The molecule has 0 aliphatic rings. The number of hydrogen-bond donors (Lipinski definition) is 2. The van der Waals surface area contributed by atoms with E-state index in [0.29, 0.717) is 0 Å². The molecule has 14 heavy (non-hydrogen) atoms. The molecule has 1 rings (SSSR count). The van der Waals surface area contributed by atoms with E-state index < -0.39 is 23.7 Å². The molecule has 0 amide bonds. The zero-order chi connectivity index (χ0) is 10.8. The highest BCUT2D eigenvalue weighted by Gasteiger charge is 2.35. The van der Waals surface area contributed by atoms with Crippen LogP contribution in [0.2, 0.25) is 0 Å². The van der Waals surface area contributed by atoms with Crippen molar-refractivity contribution in [3.8, 4) is 5.75 Å². The number of alkyl halides is 2. The molecular weight excluding hydrogens is 256 g/mol. The molecule has 0 aliphatic carbocycles. The molecule has 0 unspecified atom stereocenters. The van der Waals surface area contributed by atoms with Crippen LogP contribution in [0.25, 0.3) is 0 Å². The van der Waals surface area contributed by atoms with Crippen molar-refractivity contribution in [1.29, 1.82) is 0 Å². The van der Waals surface area contributed by atoms with Crippen LogP contribution in [0.4, 0.5) is 8.78 Å². The first-order chi connectivity index (χ1) is 6.49. The summed E-state index contributed by atoms with van der Waals surface area (Å²) in [5.74, 6) is -3.52. The lowest BCUT2D eigenvalue weighted by Crippen LogP contribution is -2.19. The molecule has 0 fully saturated rings. The Bertz CT molecular complexity index is 310. The second-order valence-corrected chi connectivity index (χ2v) is 3.73. The van der Waals surface area contributed by atoms with Crippen LogP contribution in [0.3, 0.4) is 0 Å². The van der Waals surface area contributed by atoms with Crippen LogP contribution in [0, 0.1) is 0 Å². The van der Waals surface area contributed by atoms with E-state index in [-0.39, 0.29) is 11.0 Å². The minimum absolute atomic E-state index is 0.131. The van der Waals surface area contributed by atoms with Gasteiger partial charge in [-0.15, -0.1) is 0 Å². The summed E-state index contributed by atoms with van der Waals surface area (Å²) in [6, 6.07) is 4.17. The number of benzene rings is 1. The average molecular weight is 266 g/mol. The van der Waals surface area contributed by atoms with Crippen LogP contribution in [-0.4, -0.2) is 11.7 Å². The van der Waals surface area contributed by atoms with Gasteiger partial charge in [0, 0.05) is 10.9 Å². The third-order valence-electron chi connectivity index (χ3n) is 1.82. The molecule has 1 aromatic rings. The lowest BCUT2D eigenvalue weighted by molar-refractivity contribution is -0.0134. The Labute approximate surface area is 88.9 Å². The fourth-order valence-corrected chi connectivity index (χ4v) is 1.83. The topological polar surface area (TPSA) is 46.2 Å².